The molecule has 0 radical (unpaired) electrons. The summed E-state index contributed by atoms with van der Waals surface area (Å²) in [5.74, 6) is 0. The maximum Gasteiger partial charge on any atom is 0.0713 e. The van der Waals surface area contributed by atoms with Gasteiger partial charge in [0.05, 0.1) is 22.2 Å². The number of aryl methyl sites for hydroxylation is 4. The lowest BCUT2D eigenvalue weighted by Crippen LogP contribution is -2.28. The second-order valence-electron chi connectivity index (χ2n) is 28.0. The predicted octanol–water partition coefficient (Wildman–Crippen LogP) is 26.9. The summed E-state index contributed by atoms with van der Waals surface area (Å²) in [5.41, 5.74) is 37.6. The Labute approximate surface area is 611 Å². The summed E-state index contributed by atoms with van der Waals surface area (Å²) in [7, 11) is 0. The smallest absolute Gasteiger partial charge is 0.0713 e. The van der Waals surface area contributed by atoms with Gasteiger partial charge in [0.2, 0.25) is 0 Å². The average molecular weight is 1330 g/mol. The number of fused-ring (bicyclic) bond motifs is 6. The van der Waals surface area contributed by atoms with E-state index in [0.717, 1.165) is 67.5 Å². The SMILES string of the molecule is Cc1cc(N(c2ccc(-c3ccc4c(c3)C(c3ccccc3)(c3ccccc3)c3ccccc3-4)cc2)c2ccccc2-c2ccccc2)cc(C)c1-c1c(C)cc(N(c2ccc(-c3ccc4c(c3)C(c3ccccc3)(c3ccccc3)c3ccccc3-4)cc2)c2ccccc2-c2ccccc2)cc1C. The van der Waals surface area contributed by atoms with Crippen molar-refractivity contribution in [2.45, 2.75) is 38.5 Å². The van der Waals surface area contributed by atoms with Gasteiger partial charge in [0.25, 0.3) is 0 Å². The van der Waals surface area contributed by atoms with Crippen LogP contribution in [0.3, 0.4) is 0 Å². The first-order chi connectivity index (χ1) is 51.2. The van der Waals surface area contributed by atoms with Crippen LogP contribution in [0, 0.1) is 27.7 Å². The standard InChI is InChI=1S/C102H76N2/c1-69-63-85(103(97-49-29-25-43-87(97)75-31-11-5-12-32-75)83-57-51-73(52-58-83)77-55-61-91-89-45-23-27-47-93(89)101(95(91)67-77,79-35-15-7-16-36-79)80-37-17-8-18-38-80)64-70(2)99(69)100-71(3)65-86(66-72(100)4)104(98-50-30-26-44-88(98)76-33-13-6-14-34-76)84-59-53-74(54-60-84)78-56-62-92-90-46-24-28-48-94(90)102(96(92)68-78,81-39-19-9-20-40-81)82-41-21-10-22-42-82/h5-68H,1-4H3. The highest BCUT2D eigenvalue weighted by atomic mass is 15.2. The minimum Gasteiger partial charge on any atom is -0.310 e. The summed E-state index contributed by atoms with van der Waals surface area (Å²) < 4.78 is 0. The number of hydrogen-bond acceptors (Lipinski definition) is 2. The van der Waals surface area contributed by atoms with Crippen molar-refractivity contribution in [2.24, 2.45) is 0 Å². The van der Waals surface area contributed by atoms with E-state index in [0.29, 0.717) is 0 Å². The molecule has 0 saturated heterocycles. The van der Waals surface area contributed by atoms with Crippen LogP contribution in [0.15, 0.2) is 388 Å². The molecule has 0 saturated carbocycles. The fraction of sp³-hybridized carbons (Fsp3) is 0.0588. The van der Waals surface area contributed by atoms with E-state index in [1.54, 1.807) is 0 Å². The van der Waals surface area contributed by atoms with Gasteiger partial charge in [0.15, 0.2) is 0 Å². The summed E-state index contributed by atoms with van der Waals surface area (Å²) >= 11 is 0. The van der Waals surface area contributed by atoms with Gasteiger partial charge < -0.3 is 9.80 Å². The molecule has 2 heteroatoms. The van der Waals surface area contributed by atoms with E-state index >= 15 is 0 Å². The van der Waals surface area contributed by atoms with Crippen molar-refractivity contribution in [3.8, 4) is 77.9 Å². The third kappa shape index (κ3) is 10.5. The molecule has 2 aliphatic rings. The van der Waals surface area contributed by atoms with Crippen LogP contribution in [-0.4, -0.2) is 0 Å². The predicted molar refractivity (Wildman–Crippen MR) is 437 cm³/mol. The lowest BCUT2D eigenvalue weighted by molar-refractivity contribution is 0.769. The molecule has 0 N–H and O–H groups in total. The van der Waals surface area contributed by atoms with E-state index in [9.17, 15) is 0 Å². The highest BCUT2D eigenvalue weighted by Crippen LogP contribution is 2.59. The highest BCUT2D eigenvalue weighted by molar-refractivity contribution is 5.95. The lowest BCUT2D eigenvalue weighted by atomic mass is 9.67. The molecule has 2 nitrogen and oxygen atoms in total. The normalized spacial score (nSPS) is 12.8. The molecule has 0 atom stereocenters. The molecular weight excluding hydrogens is 1250 g/mol. The van der Waals surface area contributed by atoms with Gasteiger partial charge in [-0.3, -0.25) is 0 Å². The first-order valence-corrected chi connectivity index (χ1v) is 36.3. The Morgan fingerprint density at radius 1 is 0.183 bits per heavy atom. The molecule has 0 fully saturated rings. The highest BCUT2D eigenvalue weighted by Gasteiger charge is 2.48. The van der Waals surface area contributed by atoms with Gasteiger partial charge >= 0.3 is 0 Å². The first kappa shape index (κ1) is 63.3. The molecule has 2 aliphatic carbocycles. The van der Waals surface area contributed by atoms with Crippen LogP contribution in [0.25, 0.3) is 77.9 Å². The van der Waals surface area contributed by atoms with Gasteiger partial charge in [-0.2, -0.15) is 0 Å². The molecule has 18 rings (SSSR count). The van der Waals surface area contributed by atoms with E-state index < -0.39 is 10.8 Å². The van der Waals surface area contributed by atoms with Crippen LogP contribution in [0.2, 0.25) is 0 Å². The number of rotatable bonds is 15. The van der Waals surface area contributed by atoms with Gasteiger partial charge in [-0.05, 0) is 234 Å². The number of anilines is 6. The van der Waals surface area contributed by atoms with E-state index in [4.69, 9.17) is 0 Å². The lowest BCUT2D eigenvalue weighted by Gasteiger charge is -2.34. The Hall–Kier alpha value is -12.9. The summed E-state index contributed by atoms with van der Waals surface area (Å²) in [5, 5.41) is 0. The Kier molecular flexibility index (Phi) is 16.0. The summed E-state index contributed by atoms with van der Waals surface area (Å²) in [6.45, 7) is 9.20. The fourth-order valence-corrected chi connectivity index (χ4v) is 17.7. The van der Waals surface area contributed by atoms with Crippen LogP contribution in [0.5, 0.6) is 0 Å². The van der Waals surface area contributed by atoms with Gasteiger partial charge in [-0.15, -0.1) is 0 Å². The number of para-hydroxylation sites is 2. The van der Waals surface area contributed by atoms with E-state index in [2.05, 4.69) is 426 Å². The largest absolute Gasteiger partial charge is 0.310 e. The molecule has 0 unspecified atom stereocenters. The number of nitrogens with zero attached hydrogens (tertiary/aromatic N) is 2. The Morgan fingerprint density at radius 2 is 0.442 bits per heavy atom. The minimum atomic E-state index is -0.492. The van der Waals surface area contributed by atoms with Crippen molar-refractivity contribution in [3.63, 3.8) is 0 Å². The first-order valence-electron chi connectivity index (χ1n) is 36.3. The van der Waals surface area contributed by atoms with Crippen molar-refractivity contribution >= 4 is 34.1 Å². The van der Waals surface area contributed by atoms with Crippen LogP contribution >= 0.6 is 0 Å². The molecule has 0 amide bonds. The van der Waals surface area contributed by atoms with Crippen molar-refractivity contribution in [1.29, 1.82) is 0 Å². The quantitative estimate of drug-likeness (QED) is 0.101. The average Bonchev–Trinajstić information content (AvgIpc) is 1.53. The zero-order chi connectivity index (χ0) is 69.9. The Morgan fingerprint density at radius 3 is 0.769 bits per heavy atom. The minimum absolute atomic E-state index is 0.492. The fourth-order valence-electron chi connectivity index (χ4n) is 17.7. The van der Waals surface area contributed by atoms with Crippen LogP contribution in [-0.2, 0) is 10.8 Å². The zero-order valence-corrected chi connectivity index (χ0v) is 58.8. The van der Waals surface area contributed by atoms with Gasteiger partial charge in [-0.1, -0.05) is 315 Å². The summed E-state index contributed by atoms with van der Waals surface area (Å²) in [4.78, 5) is 4.93. The summed E-state index contributed by atoms with van der Waals surface area (Å²) in [6.07, 6.45) is 0. The molecular formula is C102H76N2. The second kappa shape index (κ2) is 26.3. The molecule has 104 heavy (non-hydrogen) atoms. The molecule has 0 heterocycles. The van der Waals surface area contributed by atoms with Crippen molar-refractivity contribution in [2.75, 3.05) is 9.80 Å². The van der Waals surface area contributed by atoms with E-state index in [1.807, 2.05) is 0 Å². The Balaban J connectivity index is 0.725. The molecule has 0 spiro atoms. The maximum absolute atomic E-state index is 2.47. The monoisotopic (exact) mass is 1330 g/mol. The van der Waals surface area contributed by atoms with Crippen LogP contribution in [0.4, 0.5) is 34.1 Å². The van der Waals surface area contributed by atoms with Crippen LogP contribution in [0.1, 0.15) is 66.8 Å². The van der Waals surface area contributed by atoms with Gasteiger partial charge in [-0.25, -0.2) is 0 Å². The van der Waals surface area contributed by atoms with Gasteiger partial charge in [0, 0.05) is 33.9 Å². The third-order valence-corrected chi connectivity index (χ3v) is 22.1. The summed E-state index contributed by atoms with van der Waals surface area (Å²) in [6, 6.07) is 144. The molecule has 494 valence electrons. The Bertz CT molecular complexity index is 5370. The number of benzene rings is 16. The van der Waals surface area contributed by atoms with Crippen molar-refractivity contribution in [3.05, 3.63) is 455 Å². The second-order valence-corrected chi connectivity index (χ2v) is 28.0. The molecule has 0 aromatic heterocycles. The van der Waals surface area contributed by atoms with Crippen molar-refractivity contribution in [1.82, 2.24) is 0 Å². The van der Waals surface area contributed by atoms with E-state index in [-0.39, 0.29) is 0 Å². The molecule has 0 bridgehead atoms. The molecule has 16 aromatic carbocycles. The van der Waals surface area contributed by atoms with E-state index in [1.165, 1.54) is 111 Å². The van der Waals surface area contributed by atoms with Crippen LogP contribution < -0.4 is 9.80 Å². The topological polar surface area (TPSA) is 6.48 Å². The number of hydrogen-bond donors (Lipinski definition) is 0. The molecule has 16 aromatic rings. The molecule has 0 aliphatic heterocycles. The maximum atomic E-state index is 2.47. The zero-order valence-electron chi connectivity index (χ0n) is 58.8. The van der Waals surface area contributed by atoms with Gasteiger partial charge in [0.1, 0.15) is 0 Å². The third-order valence-electron chi connectivity index (χ3n) is 22.1. The van der Waals surface area contributed by atoms with Crippen molar-refractivity contribution < 1.29 is 0 Å².